The number of ketones is 2. The Kier molecular flexibility index (Phi) is 8.53. The predicted octanol–water partition coefficient (Wildman–Crippen LogP) is 0.951. The van der Waals surface area contributed by atoms with Crippen molar-refractivity contribution in [3.05, 3.63) is 58.7 Å². The molecule has 40 heavy (non-hydrogen) atoms. The zero-order valence-electron chi connectivity index (χ0n) is 21.5. The molecule has 0 spiro atoms. The molecule has 220 valence electrons. The lowest BCUT2D eigenvalue weighted by Crippen LogP contribution is -2.41. The largest absolute Gasteiger partial charge is 0.289 e. The third kappa shape index (κ3) is 5.49. The minimum absolute atomic E-state index is 0.256. The average molecular weight is 639 g/mol. The van der Waals surface area contributed by atoms with Crippen LogP contribution in [0.15, 0.2) is 46.2 Å². The molecular formula is C22H26N2O12S4. The van der Waals surface area contributed by atoms with Crippen molar-refractivity contribution in [3.63, 3.8) is 0 Å². The van der Waals surface area contributed by atoms with E-state index in [1.54, 1.807) is 0 Å². The Balaban J connectivity index is 2.09. The van der Waals surface area contributed by atoms with E-state index < -0.39 is 72.4 Å². The average Bonchev–Trinajstić information content (AvgIpc) is 2.85. The fraction of sp³-hybridized carbons (Fsp3) is 0.364. The van der Waals surface area contributed by atoms with Gasteiger partial charge in [-0.2, -0.15) is 25.4 Å². The highest BCUT2D eigenvalue weighted by atomic mass is 32.2. The molecule has 14 nitrogen and oxygen atoms in total. The number of fused-ring (bicyclic) bond motifs is 2. The van der Waals surface area contributed by atoms with Gasteiger partial charge in [0.1, 0.15) is 0 Å². The minimum atomic E-state index is -4.79. The lowest BCUT2D eigenvalue weighted by atomic mass is 9.84. The Bertz CT molecular complexity index is 1700. The highest BCUT2D eigenvalue weighted by molar-refractivity contribution is 7.92. The first kappa shape index (κ1) is 31.9. The van der Waals surface area contributed by atoms with Gasteiger partial charge in [0.2, 0.25) is 20.0 Å². The molecule has 1 aliphatic carbocycles. The summed E-state index contributed by atoms with van der Waals surface area (Å²) >= 11 is 0. The maximum absolute atomic E-state index is 13.3. The van der Waals surface area contributed by atoms with Crippen LogP contribution in [0.3, 0.4) is 0 Å². The summed E-state index contributed by atoms with van der Waals surface area (Å²) in [6.07, 6.45) is -0.568. The maximum atomic E-state index is 13.3. The van der Waals surface area contributed by atoms with Crippen molar-refractivity contribution in [3.8, 4) is 0 Å². The van der Waals surface area contributed by atoms with Crippen LogP contribution in [0.5, 0.6) is 0 Å². The van der Waals surface area contributed by atoms with Gasteiger partial charge in [-0.3, -0.25) is 18.7 Å². The zero-order chi connectivity index (χ0) is 30.6. The van der Waals surface area contributed by atoms with Gasteiger partial charge in [0.25, 0.3) is 20.2 Å². The molecule has 2 N–H and O–H groups in total. The molecule has 0 saturated carbocycles. The predicted molar refractivity (Wildman–Crippen MR) is 141 cm³/mol. The van der Waals surface area contributed by atoms with E-state index >= 15 is 0 Å². The SMILES string of the molecule is CCC(N(C)S(=O)(=O)c1ccc2c(c1)C(=O)c1ccc(S(=O)(=O)N(C)C(CC)S(=O)(=O)O)cc1C2=O)S(=O)(=O)O. The van der Waals surface area contributed by atoms with Gasteiger partial charge in [0, 0.05) is 36.3 Å². The van der Waals surface area contributed by atoms with Gasteiger partial charge in [0.05, 0.1) is 9.79 Å². The first-order valence-electron chi connectivity index (χ1n) is 11.5. The summed E-state index contributed by atoms with van der Waals surface area (Å²) in [4.78, 5) is 25.5. The number of hydrogen-bond donors (Lipinski definition) is 2. The number of carbonyl (C=O) groups is 2. The second-order valence-corrected chi connectivity index (χ2v) is 16.0. The van der Waals surface area contributed by atoms with Crippen LogP contribution in [-0.4, -0.2) is 87.8 Å². The van der Waals surface area contributed by atoms with Crippen molar-refractivity contribution in [1.29, 1.82) is 0 Å². The van der Waals surface area contributed by atoms with E-state index in [4.69, 9.17) is 0 Å². The van der Waals surface area contributed by atoms with Gasteiger partial charge in [-0.25, -0.2) is 16.8 Å². The molecule has 0 amide bonds. The Morgan fingerprint density at radius 1 is 0.600 bits per heavy atom. The third-order valence-corrected chi connectivity index (χ3v) is 13.2. The summed E-state index contributed by atoms with van der Waals surface area (Å²) in [6.45, 7) is 2.68. The van der Waals surface area contributed by atoms with Crippen molar-refractivity contribution in [2.45, 2.75) is 47.2 Å². The van der Waals surface area contributed by atoms with Crippen LogP contribution < -0.4 is 0 Å². The molecule has 2 aromatic carbocycles. The molecule has 0 saturated heterocycles. The second-order valence-electron chi connectivity index (χ2n) is 8.87. The highest BCUT2D eigenvalue weighted by Crippen LogP contribution is 2.33. The quantitative estimate of drug-likeness (QED) is 0.297. The van der Waals surface area contributed by atoms with Gasteiger partial charge in [-0.05, 0) is 49.2 Å². The van der Waals surface area contributed by atoms with Gasteiger partial charge in [-0.15, -0.1) is 0 Å². The van der Waals surface area contributed by atoms with Crippen molar-refractivity contribution < 1.29 is 52.4 Å². The lowest BCUT2D eigenvalue weighted by Gasteiger charge is -2.26. The normalized spacial score (nSPS) is 16.1. The topological polar surface area (TPSA) is 218 Å². The summed E-state index contributed by atoms with van der Waals surface area (Å²) in [5.41, 5.74) is -1.18. The molecule has 2 unspecified atom stereocenters. The smallest absolute Gasteiger partial charge is 0.282 e. The molecule has 1 aliphatic rings. The van der Waals surface area contributed by atoms with Crippen LogP contribution >= 0.6 is 0 Å². The monoisotopic (exact) mass is 638 g/mol. The van der Waals surface area contributed by atoms with Gasteiger partial charge >= 0.3 is 0 Å². The van der Waals surface area contributed by atoms with Crippen molar-refractivity contribution >= 4 is 51.8 Å². The fourth-order valence-electron chi connectivity index (χ4n) is 4.38. The van der Waals surface area contributed by atoms with Crippen LogP contribution in [0.1, 0.15) is 58.5 Å². The van der Waals surface area contributed by atoms with Crippen molar-refractivity contribution in [1.82, 2.24) is 8.61 Å². The van der Waals surface area contributed by atoms with Crippen molar-refractivity contribution in [2.75, 3.05) is 14.1 Å². The van der Waals surface area contributed by atoms with Crippen LogP contribution in [0.2, 0.25) is 0 Å². The maximum Gasteiger partial charge on any atom is 0.282 e. The number of carbonyl (C=O) groups excluding carboxylic acids is 2. The first-order valence-corrected chi connectivity index (χ1v) is 17.4. The van der Waals surface area contributed by atoms with E-state index in [-0.39, 0.29) is 35.1 Å². The zero-order valence-corrected chi connectivity index (χ0v) is 24.8. The minimum Gasteiger partial charge on any atom is -0.289 e. The molecule has 0 fully saturated rings. The number of hydrogen-bond acceptors (Lipinski definition) is 10. The third-order valence-electron chi connectivity index (χ3n) is 6.51. The molecular weight excluding hydrogens is 613 g/mol. The van der Waals surface area contributed by atoms with Crippen LogP contribution in [-0.2, 0) is 40.3 Å². The molecule has 18 heteroatoms. The summed E-state index contributed by atoms with van der Waals surface area (Å²) in [7, 11) is -16.9. The molecule has 2 atom stereocenters. The number of rotatable bonds is 10. The molecule has 0 aliphatic heterocycles. The molecule has 0 bridgehead atoms. The van der Waals surface area contributed by atoms with E-state index in [0.29, 0.717) is 8.61 Å². The summed E-state index contributed by atoms with van der Waals surface area (Å²) in [5, 5.41) is -3.61. The summed E-state index contributed by atoms with van der Waals surface area (Å²) in [6, 6.07) is 5.74. The summed E-state index contributed by atoms with van der Waals surface area (Å²) < 4.78 is 119. The van der Waals surface area contributed by atoms with Crippen molar-refractivity contribution in [2.24, 2.45) is 0 Å². The van der Waals surface area contributed by atoms with E-state index in [9.17, 15) is 52.4 Å². The summed E-state index contributed by atoms with van der Waals surface area (Å²) in [5.74, 6) is -1.65. The molecule has 0 aromatic heterocycles. The molecule has 3 rings (SSSR count). The Morgan fingerprint density at radius 3 is 1.15 bits per heavy atom. The fourth-order valence-corrected chi connectivity index (χ4v) is 9.90. The Labute approximate surface area is 232 Å². The molecule has 2 aromatic rings. The van der Waals surface area contributed by atoms with Crippen LogP contribution in [0, 0.1) is 0 Å². The standard InChI is InChI=1S/C22H26N2O12S4/c1-5-19(39(31,32)33)23(3)37(27,28)13-7-9-15-17(11-13)21(25)16-10-8-14(12-18(16)22(15)26)38(29,30)24(4)20(6-2)40(34,35)36/h7-12,19-20H,5-6H2,1-4H3,(H,31,32,33)(H,34,35,36). The number of benzene rings is 2. The highest BCUT2D eigenvalue weighted by Gasteiger charge is 2.39. The van der Waals surface area contributed by atoms with Gasteiger partial charge < -0.3 is 0 Å². The van der Waals surface area contributed by atoms with E-state index in [1.807, 2.05) is 0 Å². The van der Waals surface area contributed by atoms with Gasteiger partial charge in [-0.1, -0.05) is 13.8 Å². The second kappa shape index (κ2) is 10.7. The lowest BCUT2D eigenvalue weighted by molar-refractivity contribution is 0.0978. The van der Waals surface area contributed by atoms with Crippen LogP contribution in [0.25, 0.3) is 0 Å². The molecule has 0 heterocycles. The molecule has 0 radical (unpaired) electrons. The van der Waals surface area contributed by atoms with E-state index in [2.05, 4.69) is 0 Å². The van der Waals surface area contributed by atoms with Gasteiger partial charge in [0.15, 0.2) is 22.3 Å². The first-order chi connectivity index (χ1) is 18.2. The number of nitrogens with zero attached hydrogens (tertiary/aromatic N) is 2. The van der Waals surface area contributed by atoms with E-state index in [1.165, 1.54) is 13.8 Å². The van der Waals surface area contributed by atoms with Crippen LogP contribution in [0.4, 0.5) is 0 Å². The Morgan fingerprint density at radius 2 is 0.900 bits per heavy atom. The van der Waals surface area contributed by atoms with E-state index in [0.717, 1.165) is 50.5 Å². The Hall–Kier alpha value is -2.58. The number of sulfonamides is 2.